The molecule has 1 N–H and O–H groups in total. The summed E-state index contributed by atoms with van der Waals surface area (Å²) < 4.78 is 24.8. The van der Waals surface area contributed by atoms with E-state index in [1.165, 1.54) is 32.1 Å². The van der Waals surface area contributed by atoms with Gasteiger partial charge in [-0.1, -0.05) is 25.8 Å². The van der Waals surface area contributed by atoms with Crippen LogP contribution in [0.4, 0.5) is 0 Å². The normalized spacial score (nSPS) is 42.4. The number of hydrogen-bond donors (Lipinski definition) is 1. The van der Waals surface area contributed by atoms with Crippen LogP contribution in [0.1, 0.15) is 91.9 Å². The maximum absolute atomic E-state index is 8.85. The second-order valence-electron chi connectivity index (χ2n) is 11.7. The highest BCUT2D eigenvalue weighted by Gasteiger charge is 2.65. The zero-order valence-corrected chi connectivity index (χ0v) is 21.3. The molecule has 5 heteroatoms. The molecule has 33 heavy (non-hydrogen) atoms. The molecule has 0 aromatic rings. The van der Waals surface area contributed by atoms with Gasteiger partial charge in [0.05, 0.1) is 13.2 Å². The summed E-state index contributed by atoms with van der Waals surface area (Å²) >= 11 is 0. The van der Waals surface area contributed by atoms with Gasteiger partial charge >= 0.3 is 0 Å². The fraction of sp³-hybridized carbons (Fsp3) is 0.893. The molecule has 7 atom stereocenters. The number of allylic oxidation sites excluding steroid dienone is 1. The van der Waals surface area contributed by atoms with Gasteiger partial charge in [0.2, 0.25) is 0 Å². The zero-order valence-electron chi connectivity index (χ0n) is 21.3. The number of ether oxygens (including phenoxy) is 4. The van der Waals surface area contributed by atoms with Crippen LogP contribution in [0.5, 0.6) is 0 Å². The Bertz CT molecular complexity index is 774. The highest BCUT2D eigenvalue weighted by atomic mass is 16.7. The van der Waals surface area contributed by atoms with E-state index in [1.54, 1.807) is 5.57 Å². The molecule has 1 heterocycles. The van der Waals surface area contributed by atoms with Crippen LogP contribution < -0.4 is 0 Å². The molecular weight excluding hydrogens is 414 g/mol. The molecule has 4 fully saturated rings. The molecule has 0 bridgehead atoms. The maximum Gasteiger partial charge on any atom is 0.188 e. The third kappa shape index (κ3) is 3.86. The van der Waals surface area contributed by atoms with E-state index in [9.17, 15) is 0 Å². The number of fused-ring (bicyclic) bond motifs is 5. The Hall–Kier alpha value is -0.750. The molecule has 0 radical (unpaired) electrons. The Morgan fingerprint density at radius 3 is 2.64 bits per heavy atom. The Morgan fingerprint density at radius 2 is 1.91 bits per heavy atom. The minimum Gasteiger partial charge on any atom is -0.353 e. The van der Waals surface area contributed by atoms with Crippen LogP contribution in [0.2, 0.25) is 0 Å². The third-order valence-corrected chi connectivity index (χ3v) is 10.2. The Kier molecular flexibility index (Phi) is 6.56. The van der Waals surface area contributed by atoms with Crippen molar-refractivity contribution in [2.24, 2.45) is 29.1 Å². The summed E-state index contributed by atoms with van der Waals surface area (Å²) in [5.74, 6) is 2.42. The second-order valence-corrected chi connectivity index (χ2v) is 11.7. The summed E-state index contributed by atoms with van der Waals surface area (Å²) in [4.78, 5) is 0. The van der Waals surface area contributed by atoms with Gasteiger partial charge in [0.15, 0.2) is 12.1 Å². The van der Waals surface area contributed by atoms with Gasteiger partial charge in [-0.15, -0.1) is 0 Å². The molecule has 0 amide bonds. The van der Waals surface area contributed by atoms with E-state index in [0.29, 0.717) is 17.5 Å². The van der Waals surface area contributed by atoms with Crippen molar-refractivity contribution in [3.05, 3.63) is 11.6 Å². The van der Waals surface area contributed by atoms with Crippen LogP contribution in [0.25, 0.3) is 0 Å². The molecule has 5 aliphatic rings. The van der Waals surface area contributed by atoms with Gasteiger partial charge in [-0.05, 0) is 95.0 Å². The monoisotopic (exact) mass is 459 g/mol. The summed E-state index contributed by atoms with van der Waals surface area (Å²) in [7, 11) is 0. The highest BCUT2D eigenvalue weighted by molar-refractivity contribution is 5.89. The molecular formula is C28H45NO4. The van der Waals surface area contributed by atoms with Crippen LogP contribution in [0.3, 0.4) is 0 Å². The third-order valence-electron chi connectivity index (χ3n) is 10.2. The van der Waals surface area contributed by atoms with E-state index in [2.05, 4.69) is 19.9 Å². The zero-order chi connectivity index (χ0) is 23.3. The van der Waals surface area contributed by atoms with Crippen LogP contribution in [0, 0.1) is 34.5 Å². The molecule has 4 aliphatic carbocycles. The second kappa shape index (κ2) is 9.04. The van der Waals surface area contributed by atoms with Gasteiger partial charge in [-0.3, -0.25) is 0 Å². The molecule has 5 nitrogen and oxygen atoms in total. The Labute approximate surface area is 200 Å². The molecule has 3 saturated carbocycles. The number of nitrogens with one attached hydrogen (secondary N) is 1. The molecule has 0 aromatic carbocycles. The minimum atomic E-state index is -0.480. The largest absolute Gasteiger partial charge is 0.353 e. The number of hydrogen-bond acceptors (Lipinski definition) is 5. The fourth-order valence-electron chi connectivity index (χ4n) is 8.62. The van der Waals surface area contributed by atoms with E-state index in [4.69, 9.17) is 24.4 Å². The van der Waals surface area contributed by atoms with E-state index < -0.39 is 11.4 Å². The average Bonchev–Trinajstić information content (AvgIpc) is 3.36. The summed E-state index contributed by atoms with van der Waals surface area (Å²) in [6, 6.07) is 0. The predicted molar refractivity (Wildman–Crippen MR) is 129 cm³/mol. The van der Waals surface area contributed by atoms with Gasteiger partial charge in [0, 0.05) is 24.2 Å². The Morgan fingerprint density at radius 1 is 1.12 bits per heavy atom. The first-order valence-electron chi connectivity index (χ1n) is 13.7. The molecule has 1 unspecified atom stereocenters. The van der Waals surface area contributed by atoms with Gasteiger partial charge in [-0.25, -0.2) is 0 Å². The molecule has 5 rings (SSSR count). The van der Waals surface area contributed by atoms with Gasteiger partial charge in [0.25, 0.3) is 0 Å². The lowest BCUT2D eigenvalue weighted by atomic mass is 9.50. The van der Waals surface area contributed by atoms with Gasteiger partial charge < -0.3 is 24.4 Å². The van der Waals surface area contributed by atoms with Crippen molar-refractivity contribution in [2.75, 3.05) is 19.8 Å². The van der Waals surface area contributed by atoms with Crippen LogP contribution in [-0.2, 0) is 18.9 Å². The van der Waals surface area contributed by atoms with Crippen LogP contribution >= 0.6 is 0 Å². The minimum absolute atomic E-state index is 0.0250. The molecule has 1 spiro atoms. The summed E-state index contributed by atoms with van der Waals surface area (Å²) in [5.41, 5.74) is 1.85. The highest BCUT2D eigenvalue weighted by Crippen LogP contribution is 2.66. The van der Waals surface area contributed by atoms with Crippen LogP contribution in [0.15, 0.2) is 11.6 Å². The van der Waals surface area contributed by atoms with Crippen molar-refractivity contribution in [3.63, 3.8) is 0 Å². The van der Waals surface area contributed by atoms with E-state index in [1.807, 2.05) is 13.8 Å². The van der Waals surface area contributed by atoms with E-state index >= 15 is 0 Å². The maximum atomic E-state index is 8.85. The molecule has 1 aliphatic heterocycles. The quantitative estimate of drug-likeness (QED) is 0.211. The van der Waals surface area contributed by atoms with Crippen LogP contribution in [-0.4, -0.2) is 43.2 Å². The lowest BCUT2D eigenvalue weighted by molar-refractivity contribution is -0.218. The Balaban J connectivity index is 1.35. The van der Waals surface area contributed by atoms with Gasteiger partial charge in [-0.2, -0.15) is 0 Å². The lowest BCUT2D eigenvalue weighted by Crippen LogP contribution is -2.58. The number of unbranched alkanes of at least 4 members (excludes halogenated alkanes) is 1. The van der Waals surface area contributed by atoms with Crippen molar-refractivity contribution in [3.8, 4) is 0 Å². The topological polar surface area (TPSA) is 60.8 Å². The standard InChI is InChI=1S/C28H45NO4/c1-5-6-15-30-20(3)33-28(19(2)29)14-11-25-24-8-7-21-18-27(31-16-17-32-27)13-10-22(21)23(24)9-12-26(25,28)4/h18,20,22-25,29H,5-17H2,1-4H3/t20?,22-,23+,24+,25-,26-,28-/m0/s1. The molecule has 1 saturated heterocycles. The van der Waals surface area contributed by atoms with Crippen molar-refractivity contribution in [2.45, 2.75) is 110 Å². The summed E-state index contributed by atoms with van der Waals surface area (Å²) in [6.07, 6.45) is 13.5. The van der Waals surface area contributed by atoms with Crippen molar-refractivity contribution in [1.82, 2.24) is 0 Å². The molecule has 0 aromatic heterocycles. The van der Waals surface area contributed by atoms with Crippen molar-refractivity contribution < 1.29 is 18.9 Å². The number of rotatable bonds is 7. The summed E-state index contributed by atoms with van der Waals surface area (Å²) in [5, 5.41) is 8.85. The van der Waals surface area contributed by atoms with Crippen molar-refractivity contribution in [1.29, 1.82) is 5.41 Å². The summed E-state index contributed by atoms with van der Waals surface area (Å²) in [6.45, 7) is 10.8. The van der Waals surface area contributed by atoms with E-state index in [0.717, 1.165) is 63.8 Å². The predicted octanol–water partition coefficient (Wildman–Crippen LogP) is 6.26. The average molecular weight is 460 g/mol. The first-order chi connectivity index (χ1) is 15.8. The van der Waals surface area contributed by atoms with Crippen molar-refractivity contribution >= 4 is 5.71 Å². The fourth-order valence-corrected chi connectivity index (χ4v) is 8.62. The van der Waals surface area contributed by atoms with Gasteiger partial charge in [0.1, 0.15) is 5.60 Å². The van der Waals surface area contributed by atoms with E-state index in [-0.39, 0.29) is 11.7 Å². The first-order valence-corrected chi connectivity index (χ1v) is 13.7. The SMILES string of the molecule is CCCCOC(C)O[C@]1(C(C)=N)CC[C@H]2[C@@H]3CCC4=CC5(CC[C@@H]4[C@H]3CC[C@@]21C)OCCO5. The smallest absolute Gasteiger partial charge is 0.188 e. The lowest BCUT2D eigenvalue weighted by Gasteiger charge is -2.57. The first kappa shape index (κ1) is 24.0. The molecule has 186 valence electrons.